The average Bonchev–Trinajstić information content (AvgIpc) is 3.13. The van der Waals surface area contributed by atoms with E-state index in [4.69, 9.17) is 11.6 Å². The van der Waals surface area contributed by atoms with E-state index in [1.807, 2.05) is 13.8 Å². The first-order valence-electron chi connectivity index (χ1n) is 11.1. The Morgan fingerprint density at radius 2 is 1.85 bits per heavy atom. The van der Waals surface area contributed by atoms with Crippen molar-refractivity contribution in [3.8, 4) is 0 Å². The second-order valence-electron chi connectivity index (χ2n) is 8.90. The molecule has 0 saturated heterocycles. The van der Waals surface area contributed by atoms with Gasteiger partial charge in [0.25, 0.3) is 5.91 Å². The van der Waals surface area contributed by atoms with Gasteiger partial charge in [0, 0.05) is 17.8 Å². The van der Waals surface area contributed by atoms with Gasteiger partial charge in [0.1, 0.15) is 11.9 Å². The van der Waals surface area contributed by atoms with Crippen molar-refractivity contribution in [1.29, 1.82) is 0 Å². The highest BCUT2D eigenvalue weighted by Gasteiger charge is 2.46. The SMILES string of the molecule is CC(C)C[C@@H](C(=O)Nc1ccc(F)cc1)N1CC2=C(C1=O)[C@@H](c1ccccc1Cl)NC(=O)N2C. The Morgan fingerprint density at radius 3 is 2.50 bits per heavy atom. The maximum Gasteiger partial charge on any atom is 0.322 e. The van der Waals surface area contributed by atoms with E-state index in [0.717, 1.165) is 0 Å². The van der Waals surface area contributed by atoms with Crippen molar-refractivity contribution in [2.75, 3.05) is 18.9 Å². The molecular weight excluding hydrogens is 459 g/mol. The van der Waals surface area contributed by atoms with E-state index in [0.29, 0.717) is 34.0 Å². The smallest absolute Gasteiger partial charge is 0.322 e. The van der Waals surface area contributed by atoms with Gasteiger partial charge in [0.2, 0.25) is 5.91 Å². The molecule has 178 valence electrons. The second-order valence-corrected chi connectivity index (χ2v) is 9.31. The third-order valence-corrected chi connectivity index (χ3v) is 6.43. The van der Waals surface area contributed by atoms with Gasteiger partial charge in [-0.05, 0) is 48.2 Å². The molecule has 2 N–H and O–H groups in total. The van der Waals surface area contributed by atoms with E-state index >= 15 is 0 Å². The number of amides is 4. The third-order valence-electron chi connectivity index (χ3n) is 6.09. The molecule has 2 aliphatic rings. The normalized spacial score (nSPS) is 18.8. The minimum absolute atomic E-state index is 0.117. The van der Waals surface area contributed by atoms with Crippen LogP contribution in [0.5, 0.6) is 0 Å². The maximum atomic E-state index is 13.7. The Balaban J connectivity index is 1.67. The summed E-state index contributed by atoms with van der Waals surface area (Å²) < 4.78 is 13.3. The molecule has 0 aliphatic carbocycles. The zero-order valence-corrected chi connectivity index (χ0v) is 19.9. The number of rotatable bonds is 6. The van der Waals surface area contributed by atoms with Crippen LogP contribution in [0.4, 0.5) is 14.9 Å². The van der Waals surface area contributed by atoms with Gasteiger partial charge in [-0.1, -0.05) is 43.6 Å². The summed E-state index contributed by atoms with van der Waals surface area (Å²) in [5, 5.41) is 6.08. The molecule has 2 aliphatic heterocycles. The largest absolute Gasteiger partial charge is 0.326 e. The summed E-state index contributed by atoms with van der Waals surface area (Å²) in [7, 11) is 1.60. The molecule has 7 nitrogen and oxygen atoms in total. The van der Waals surface area contributed by atoms with Gasteiger partial charge in [-0.25, -0.2) is 9.18 Å². The third kappa shape index (κ3) is 4.50. The lowest BCUT2D eigenvalue weighted by Gasteiger charge is -2.31. The van der Waals surface area contributed by atoms with Crippen LogP contribution in [-0.4, -0.2) is 47.3 Å². The van der Waals surface area contributed by atoms with E-state index in [1.54, 1.807) is 31.3 Å². The molecule has 0 aromatic heterocycles. The number of carbonyl (C=O) groups is 3. The molecule has 4 rings (SSSR count). The number of hydrogen-bond acceptors (Lipinski definition) is 3. The molecular formula is C25H26ClFN4O3. The summed E-state index contributed by atoms with van der Waals surface area (Å²) in [5.41, 5.74) is 2.00. The number of nitrogens with one attached hydrogen (secondary N) is 2. The van der Waals surface area contributed by atoms with Crippen LogP contribution < -0.4 is 10.6 Å². The van der Waals surface area contributed by atoms with Crippen molar-refractivity contribution in [1.82, 2.24) is 15.1 Å². The lowest BCUT2D eigenvalue weighted by molar-refractivity contribution is -0.134. The number of anilines is 1. The average molecular weight is 485 g/mol. The monoisotopic (exact) mass is 484 g/mol. The van der Waals surface area contributed by atoms with Gasteiger partial charge in [0.05, 0.1) is 23.9 Å². The topological polar surface area (TPSA) is 81.8 Å². The van der Waals surface area contributed by atoms with E-state index in [-0.39, 0.29) is 30.3 Å². The number of carbonyl (C=O) groups excluding carboxylic acids is 3. The minimum Gasteiger partial charge on any atom is -0.326 e. The molecule has 4 amide bonds. The predicted octanol–water partition coefficient (Wildman–Crippen LogP) is 4.32. The first-order valence-corrected chi connectivity index (χ1v) is 11.4. The van der Waals surface area contributed by atoms with Crippen LogP contribution in [0.15, 0.2) is 59.8 Å². The molecule has 0 saturated carbocycles. The summed E-state index contributed by atoms with van der Waals surface area (Å²) in [6.07, 6.45) is 0.418. The molecule has 0 bridgehead atoms. The molecule has 0 spiro atoms. The number of halogens is 2. The van der Waals surface area contributed by atoms with Crippen molar-refractivity contribution >= 4 is 35.1 Å². The lowest BCUT2D eigenvalue weighted by Crippen LogP contribution is -2.47. The van der Waals surface area contributed by atoms with Crippen LogP contribution in [-0.2, 0) is 9.59 Å². The first kappa shape index (κ1) is 23.8. The van der Waals surface area contributed by atoms with Crippen LogP contribution in [0.2, 0.25) is 5.02 Å². The number of hydrogen-bond donors (Lipinski definition) is 2. The molecule has 2 heterocycles. The summed E-state index contributed by atoms with van der Waals surface area (Å²) >= 11 is 6.40. The van der Waals surface area contributed by atoms with Gasteiger partial charge >= 0.3 is 6.03 Å². The van der Waals surface area contributed by atoms with Crippen molar-refractivity contribution in [2.24, 2.45) is 5.92 Å². The highest BCUT2D eigenvalue weighted by atomic mass is 35.5. The summed E-state index contributed by atoms with van der Waals surface area (Å²) in [4.78, 5) is 42.6. The van der Waals surface area contributed by atoms with Crippen LogP contribution in [0.1, 0.15) is 31.9 Å². The zero-order valence-electron chi connectivity index (χ0n) is 19.1. The Morgan fingerprint density at radius 1 is 1.18 bits per heavy atom. The van der Waals surface area contributed by atoms with Gasteiger partial charge in [-0.15, -0.1) is 0 Å². The van der Waals surface area contributed by atoms with E-state index in [1.165, 1.54) is 34.1 Å². The predicted molar refractivity (Wildman–Crippen MR) is 127 cm³/mol. The second kappa shape index (κ2) is 9.46. The molecule has 2 aromatic carbocycles. The Kier molecular flexibility index (Phi) is 6.61. The highest BCUT2D eigenvalue weighted by molar-refractivity contribution is 6.31. The van der Waals surface area contributed by atoms with Crippen molar-refractivity contribution in [3.63, 3.8) is 0 Å². The van der Waals surface area contributed by atoms with Crippen LogP contribution in [0, 0.1) is 11.7 Å². The highest BCUT2D eigenvalue weighted by Crippen LogP contribution is 2.39. The Labute approximate surface area is 202 Å². The summed E-state index contributed by atoms with van der Waals surface area (Å²) in [5.74, 6) is -0.989. The van der Waals surface area contributed by atoms with Gasteiger partial charge < -0.3 is 15.5 Å². The van der Waals surface area contributed by atoms with E-state index in [2.05, 4.69) is 10.6 Å². The summed E-state index contributed by atoms with van der Waals surface area (Å²) in [6.45, 7) is 4.05. The van der Waals surface area contributed by atoms with Crippen LogP contribution in [0.3, 0.4) is 0 Å². The van der Waals surface area contributed by atoms with Crippen molar-refractivity contribution < 1.29 is 18.8 Å². The zero-order chi connectivity index (χ0) is 24.6. The van der Waals surface area contributed by atoms with E-state index < -0.39 is 17.9 Å². The number of benzene rings is 2. The number of likely N-dealkylation sites (N-methyl/N-ethyl adjacent to an activating group) is 1. The number of urea groups is 1. The Bertz CT molecular complexity index is 1170. The summed E-state index contributed by atoms with van der Waals surface area (Å²) in [6, 6.07) is 10.7. The minimum atomic E-state index is -0.779. The molecule has 34 heavy (non-hydrogen) atoms. The maximum absolute atomic E-state index is 13.7. The van der Waals surface area contributed by atoms with Crippen LogP contribution >= 0.6 is 11.6 Å². The van der Waals surface area contributed by atoms with Crippen molar-refractivity contribution in [3.05, 3.63) is 76.2 Å². The molecule has 0 fully saturated rings. The quantitative estimate of drug-likeness (QED) is 0.640. The standard InChI is InChI=1S/C25H26ClFN4O3/c1-14(2)12-19(23(32)28-16-10-8-15(27)9-11-16)31-13-20-21(24(31)33)22(29-25(34)30(20)3)17-6-4-5-7-18(17)26/h4-11,14,19,22H,12-13H2,1-3H3,(H,28,32)(H,29,34)/t19-,22+/m0/s1. The molecule has 0 unspecified atom stereocenters. The molecule has 0 radical (unpaired) electrons. The molecule has 2 aromatic rings. The van der Waals surface area contributed by atoms with Crippen LogP contribution in [0.25, 0.3) is 0 Å². The fourth-order valence-corrected chi connectivity index (χ4v) is 4.61. The molecule has 2 atom stereocenters. The fourth-order valence-electron chi connectivity index (χ4n) is 4.36. The number of nitrogens with zero attached hydrogens (tertiary/aromatic N) is 2. The van der Waals surface area contributed by atoms with E-state index in [9.17, 15) is 18.8 Å². The van der Waals surface area contributed by atoms with Gasteiger partial charge in [-0.3, -0.25) is 14.5 Å². The van der Waals surface area contributed by atoms with Gasteiger partial charge in [0.15, 0.2) is 0 Å². The van der Waals surface area contributed by atoms with Crippen molar-refractivity contribution in [2.45, 2.75) is 32.4 Å². The van der Waals surface area contributed by atoms with Gasteiger partial charge in [-0.2, -0.15) is 0 Å². The fraction of sp³-hybridized carbons (Fsp3) is 0.320. The Hall–Kier alpha value is -3.39. The lowest BCUT2D eigenvalue weighted by atomic mass is 9.95. The first-order chi connectivity index (χ1) is 16.2. The molecule has 9 heteroatoms.